The van der Waals surface area contributed by atoms with Crippen LogP contribution in [0.3, 0.4) is 0 Å². The van der Waals surface area contributed by atoms with Crippen molar-refractivity contribution in [1.29, 1.82) is 0 Å². The molecule has 0 atom stereocenters. The van der Waals surface area contributed by atoms with Gasteiger partial charge in [0.1, 0.15) is 0 Å². The van der Waals surface area contributed by atoms with E-state index in [4.69, 9.17) is 38.3 Å². The molecule has 0 aromatic carbocycles. The Kier molecular flexibility index (Phi) is 719. The van der Waals surface area contributed by atoms with Crippen LogP contribution in [0.25, 0.3) is 0 Å². The molecule has 196 valence electrons. The molecule has 0 amide bonds. The summed E-state index contributed by atoms with van der Waals surface area (Å²) in [5.74, 6) is 0. The Bertz CT molecular complexity index is 243. The number of hydrogen-bond acceptors (Lipinski definition) is 9. The van der Waals surface area contributed by atoms with Crippen LogP contribution in [-0.4, -0.2) is 136 Å². The van der Waals surface area contributed by atoms with Gasteiger partial charge in [-0.2, -0.15) is 0 Å². The molecule has 34 heavy (non-hydrogen) atoms. The molecule has 4 radical (unpaired) electrons. The molecule has 0 saturated carbocycles. The van der Waals surface area contributed by atoms with Gasteiger partial charge < -0.3 is 30.9 Å². The summed E-state index contributed by atoms with van der Waals surface area (Å²) in [6, 6.07) is 0. The standard InChI is InChI=1S/2CH4.3Al.B2H2O3.BF3.8FH.2Mg.O2.2H2O.4O.2Ti/c;;;;;3-1-2(4)5;2-1(3)4;;;;;;;;;;;1-2;;;;;;;;/h2*1H4;;;;4-5H;;8*1H;;;;2*1H2;;;;;;/q;;;;+3;;;;;;;;;;;;+2;;;;;;;;;+2/p-7. The Balaban J connectivity index is -0.00000000635. The van der Waals surface area contributed by atoms with Crippen LogP contribution in [0.2, 0.25) is 0 Å². The summed E-state index contributed by atoms with van der Waals surface area (Å²) < 4.78 is 120. The molecule has 0 aromatic heterocycles. The topological polar surface area (TPSA) is 223 Å². The summed E-state index contributed by atoms with van der Waals surface area (Å²) in [6.45, 7) is 0. The molecule has 0 bridgehead atoms. The van der Waals surface area contributed by atoms with Crippen LogP contribution in [0.15, 0.2) is 0 Å². The van der Waals surface area contributed by atoms with Crippen LogP contribution in [0.5, 0.6) is 0 Å². The van der Waals surface area contributed by atoms with Gasteiger partial charge in [0.2, 0.25) is 0 Å². The first-order valence-corrected chi connectivity index (χ1v) is 8.69. The maximum absolute atomic E-state index is 9.81. The molecule has 0 aliphatic carbocycles. The summed E-state index contributed by atoms with van der Waals surface area (Å²) in [5.41, 5.74) is 0. The fourth-order valence-electron chi connectivity index (χ4n) is 0. The van der Waals surface area contributed by atoms with Crippen LogP contribution in [-0.2, 0) is 57.6 Å². The summed E-state index contributed by atoms with van der Waals surface area (Å²) >= 11 is -7.36. The van der Waals surface area contributed by atoms with Crippen molar-refractivity contribution in [3.05, 3.63) is 9.93 Å². The fourth-order valence-corrected chi connectivity index (χ4v) is 0. The van der Waals surface area contributed by atoms with Crippen molar-refractivity contribution in [2.45, 2.75) is 14.9 Å². The normalized spacial score (nSPS) is 3.50. The molecule has 0 unspecified atom stereocenters. The molecular formula is C2H15Al3B3F11Mg2O11Ti2. The minimum absolute atomic E-state index is 0. The van der Waals surface area contributed by atoms with Gasteiger partial charge in [0.05, 0.1) is 0 Å². The van der Waals surface area contributed by atoms with E-state index in [0.717, 1.165) is 0 Å². The van der Waals surface area contributed by atoms with Gasteiger partial charge in [0.25, 0.3) is 0 Å². The van der Waals surface area contributed by atoms with E-state index in [1.165, 1.54) is 16.2 Å². The molecule has 6 N–H and O–H groups in total. The van der Waals surface area contributed by atoms with Crippen molar-refractivity contribution in [3.63, 3.8) is 0 Å². The van der Waals surface area contributed by atoms with Gasteiger partial charge in [-0.05, 0) is 0 Å². The molecule has 0 fully saturated rings. The van der Waals surface area contributed by atoms with Crippen LogP contribution in [0.4, 0.5) is 34.4 Å². The van der Waals surface area contributed by atoms with Gasteiger partial charge in [-0.25, -0.2) is 0 Å². The van der Waals surface area contributed by atoms with Gasteiger partial charge in [0.15, 0.2) is 0 Å². The zero-order chi connectivity index (χ0) is 22.9. The number of hydrogen-bond donors (Lipinski definition) is 2. The summed E-state index contributed by atoms with van der Waals surface area (Å²) in [4.78, 5) is 14.0. The summed E-state index contributed by atoms with van der Waals surface area (Å²) in [5, 5.41) is 15.1. The molecule has 0 rings (SSSR count). The predicted octanol–water partition coefficient (Wildman–Crippen LogP) is -7.55. The Morgan fingerprint density at radius 3 is 0.912 bits per heavy atom. The fraction of sp³-hybridized carbons (Fsp3) is 1.00. The molecule has 0 aliphatic rings. The van der Waals surface area contributed by atoms with Crippen molar-refractivity contribution in [2.24, 2.45) is 0 Å². The molecule has 11 nitrogen and oxygen atoms in total. The summed E-state index contributed by atoms with van der Waals surface area (Å²) in [6.07, 6.45) is 0. The van der Waals surface area contributed by atoms with Crippen molar-refractivity contribution < 1.29 is 122 Å². The Morgan fingerprint density at radius 2 is 0.912 bits per heavy atom. The Morgan fingerprint density at radius 1 is 0.882 bits per heavy atom. The van der Waals surface area contributed by atoms with Crippen molar-refractivity contribution >= 4 is 115 Å². The third-order valence-corrected chi connectivity index (χ3v) is 0.122. The first-order chi connectivity index (χ1) is 11.6. The second-order valence-electron chi connectivity index (χ2n) is 1.20. The second-order valence-corrected chi connectivity index (χ2v) is 2.18. The van der Waals surface area contributed by atoms with Gasteiger partial charge in [0, 0.05) is 27.3 Å². The molecule has 0 aromatic rings. The zero-order valence-electron chi connectivity index (χ0n) is 14.8. The second kappa shape index (κ2) is 202. The van der Waals surface area contributed by atoms with Crippen LogP contribution < -0.4 is 9.41 Å². The third kappa shape index (κ3) is 1970. The molecular weight excluding hydrogens is 667 g/mol. The maximum atomic E-state index is 9.81. The molecule has 32 heteroatoms. The third-order valence-electron chi connectivity index (χ3n) is 0.122. The molecule has 0 heterocycles. The van der Waals surface area contributed by atoms with Gasteiger partial charge >= 0.3 is 172 Å². The van der Waals surface area contributed by atoms with E-state index < -0.39 is 69.4 Å². The summed E-state index contributed by atoms with van der Waals surface area (Å²) in [7, 11) is -5.44. The van der Waals surface area contributed by atoms with Crippen LogP contribution >= 0.6 is 0 Å². The SMILES string of the molecule is C.C.F.FB(F)F.O.O.O=BB(O)O.O=O.[Al].[F-].[F-].[F][Al]([F])[F].[F][Ti][F].[Mg+2].[O]=[Al].[O]=[Mg].[O]=[Ti]=[O]. The van der Waals surface area contributed by atoms with E-state index in [0.29, 0.717) is 21.7 Å². The van der Waals surface area contributed by atoms with Crippen molar-refractivity contribution in [2.75, 3.05) is 0 Å². The van der Waals surface area contributed by atoms with E-state index in [-0.39, 0.29) is 87.4 Å². The first-order valence-electron chi connectivity index (χ1n) is 3.87. The number of halogens is 11. The monoisotopic (exact) mass is 682 g/mol. The quantitative estimate of drug-likeness (QED) is 0.198. The first kappa shape index (κ1) is 121. The average Bonchev–Trinajstić information content (AvgIpc) is 2.53. The predicted molar refractivity (Wildman–Crippen MR) is 92.7 cm³/mol. The van der Waals surface area contributed by atoms with E-state index in [1.54, 1.807) is 0 Å². The van der Waals surface area contributed by atoms with Gasteiger partial charge in [-0.15, -0.1) is 0 Å². The van der Waals surface area contributed by atoms with E-state index >= 15 is 0 Å². The minimum atomic E-state index is -4.64. The van der Waals surface area contributed by atoms with Crippen LogP contribution in [0, 0.1) is 9.93 Å². The molecule has 0 spiro atoms. The van der Waals surface area contributed by atoms with Crippen LogP contribution in [0.1, 0.15) is 14.9 Å². The van der Waals surface area contributed by atoms with E-state index in [9.17, 15) is 29.7 Å². The van der Waals surface area contributed by atoms with E-state index in [2.05, 4.69) is 0 Å². The average molecular weight is 682 g/mol. The van der Waals surface area contributed by atoms with Gasteiger partial charge in [-0.3, -0.25) is 17.7 Å². The number of rotatable bonds is 1. The van der Waals surface area contributed by atoms with Crippen molar-refractivity contribution in [3.8, 4) is 0 Å². The van der Waals surface area contributed by atoms with E-state index in [1.807, 2.05) is 0 Å². The zero-order valence-corrected chi connectivity index (χ0v) is 24.2. The van der Waals surface area contributed by atoms with Gasteiger partial charge in [-0.1, -0.05) is 14.9 Å². The molecule has 0 saturated heterocycles. The molecule has 0 aliphatic heterocycles. The Labute approximate surface area is 260 Å². The van der Waals surface area contributed by atoms with Crippen molar-refractivity contribution in [1.82, 2.24) is 0 Å². The Hall–Kier alpha value is 2.42.